The Kier molecular flexibility index (Phi) is 10.9. The highest BCUT2D eigenvalue weighted by molar-refractivity contribution is 5.70. The van der Waals surface area contributed by atoms with E-state index in [4.69, 9.17) is 0 Å². The van der Waals surface area contributed by atoms with E-state index in [0.29, 0.717) is 0 Å². The van der Waals surface area contributed by atoms with Gasteiger partial charge in [0.25, 0.3) is 0 Å². The van der Waals surface area contributed by atoms with E-state index < -0.39 is 5.97 Å². The van der Waals surface area contributed by atoms with Crippen molar-refractivity contribution in [2.45, 2.75) is 98.3 Å². The first-order chi connectivity index (χ1) is 9.39. The van der Waals surface area contributed by atoms with Crippen LogP contribution in [0.2, 0.25) is 0 Å². The molecule has 0 amide bonds. The predicted molar refractivity (Wildman–Crippen MR) is 87.0 cm³/mol. The first kappa shape index (κ1) is 19.5. The number of carboxylic acids is 1. The van der Waals surface area contributed by atoms with Crippen molar-refractivity contribution in [1.82, 2.24) is 0 Å². The molecule has 0 aromatic rings. The SMILES string of the molecule is CCCCCCCCCCCCC(C(=O)O)C(C)(C)C. The Morgan fingerprint density at radius 1 is 0.850 bits per heavy atom. The van der Waals surface area contributed by atoms with Gasteiger partial charge in [-0.1, -0.05) is 91.9 Å². The van der Waals surface area contributed by atoms with Crippen LogP contribution in [-0.2, 0) is 4.79 Å². The molecule has 0 saturated carbocycles. The van der Waals surface area contributed by atoms with Crippen molar-refractivity contribution < 1.29 is 9.90 Å². The Hall–Kier alpha value is -0.530. The highest BCUT2D eigenvalue weighted by Crippen LogP contribution is 2.30. The third kappa shape index (κ3) is 10.3. The number of hydrogen-bond donors (Lipinski definition) is 1. The fraction of sp³-hybridized carbons (Fsp3) is 0.944. The molecule has 0 heterocycles. The van der Waals surface area contributed by atoms with Gasteiger partial charge < -0.3 is 5.11 Å². The Morgan fingerprint density at radius 3 is 1.60 bits per heavy atom. The molecule has 0 fully saturated rings. The molecule has 0 bridgehead atoms. The largest absolute Gasteiger partial charge is 0.481 e. The molecule has 0 aliphatic heterocycles. The van der Waals surface area contributed by atoms with Gasteiger partial charge in [0.05, 0.1) is 5.92 Å². The van der Waals surface area contributed by atoms with Crippen molar-refractivity contribution in [3.8, 4) is 0 Å². The molecule has 120 valence electrons. The zero-order chi connectivity index (χ0) is 15.4. The summed E-state index contributed by atoms with van der Waals surface area (Å²) in [6, 6.07) is 0. The molecule has 0 radical (unpaired) electrons. The van der Waals surface area contributed by atoms with Gasteiger partial charge in [0, 0.05) is 0 Å². The molecule has 1 N–H and O–H groups in total. The molecule has 1 atom stereocenters. The molecule has 0 aromatic carbocycles. The summed E-state index contributed by atoms with van der Waals surface area (Å²) in [6.07, 6.45) is 13.9. The van der Waals surface area contributed by atoms with Gasteiger partial charge in [-0.2, -0.15) is 0 Å². The van der Waals surface area contributed by atoms with Gasteiger partial charge in [0.15, 0.2) is 0 Å². The normalized spacial score (nSPS) is 13.4. The van der Waals surface area contributed by atoms with Crippen molar-refractivity contribution >= 4 is 5.97 Å². The average molecular weight is 284 g/mol. The van der Waals surface area contributed by atoms with Crippen molar-refractivity contribution in [3.05, 3.63) is 0 Å². The van der Waals surface area contributed by atoms with Crippen LogP contribution < -0.4 is 0 Å². The smallest absolute Gasteiger partial charge is 0.307 e. The standard InChI is InChI=1S/C18H36O2/c1-5-6-7-8-9-10-11-12-13-14-15-16(17(19)20)18(2,3)4/h16H,5-15H2,1-4H3,(H,19,20). The van der Waals surface area contributed by atoms with Crippen LogP contribution in [0.15, 0.2) is 0 Å². The second-order valence-electron chi connectivity index (χ2n) is 7.23. The van der Waals surface area contributed by atoms with Gasteiger partial charge in [-0.3, -0.25) is 4.79 Å². The fourth-order valence-corrected chi connectivity index (χ4v) is 2.76. The van der Waals surface area contributed by atoms with Crippen LogP contribution in [0.1, 0.15) is 98.3 Å². The Bertz CT molecular complexity index is 240. The zero-order valence-electron chi connectivity index (χ0n) is 14.2. The van der Waals surface area contributed by atoms with Crippen LogP contribution in [0.25, 0.3) is 0 Å². The minimum atomic E-state index is -0.631. The molecular formula is C18H36O2. The number of rotatable bonds is 12. The van der Waals surface area contributed by atoms with E-state index in [2.05, 4.69) is 6.92 Å². The molecule has 0 saturated heterocycles. The van der Waals surface area contributed by atoms with Gasteiger partial charge in [0.2, 0.25) is 0 Å². The molecule has 0 aliphatic rings. The van der Waals surface area contributed by atoms with Crippen LogP contribution in [0, 0.1) is 11.3 Å². The van der Waals surface area contributed by atoms with E-state index >= 15 is 0 Å². The molecule has 2 heteroatoms. The summed E-state index contributed by atoms with van der Waals surface area (Å²) in [6.45, 7) is 8.34. The summed E-state index contributed by atoms with van der Waals surface area (Å²) in [5, 5.41) is 9.25. The molecule has 20 heavy (non-hydrogen) atoms. The average Bonchev–Trinajstić information content (AvgIpc) is 2.34. The molecule has 0 spiro atoms. The van der Waals surface area contributed by atoms with Crippen molar-refractivity contribution in [2.75, 3.05) is 0 Å². The van der Waals surface area contributed by atoms with E-state index in [9.17, 15) is 9.90 Å². The monoisotopic (exact) mass is 284 g/mol. The molecule has 2 nitrogen and oxygen atoms in total. The summed E-state index contributed by atoms with van der Waals surface area (Å²) in [7, 11) is 0. The Labute approximate surface area is 126 Å². The Morgan fingerprint density at radius 2 is 1.25 bits per heavy atom. The topological polar surface area (TPSA) is 37.3 Å². The summed E-state index contributed by atoms with van der Waals surface area (Å²) < 4.78 is 0. The number of hydrogen-bond acceptors (Lipinski definition) is 1. The maximum absolute atomic E-state index is 11.2. The van der Waals surface area contributed by atoms with Crippen LogP contribution in [-0.4, -0.2) is 11.1 Å². The lowest BCUT2D eigenvalue weighted by Crippen LogP contribution is -2.28. The van der Waals surface area contributed by atoms with E-state index in [0.717, 1.165) is 12.8 Å². The van der Waals surface area contributed by atoms with E-state index in [-0.39, 0.29) is 11.3 Å². The van der Waals surface area contributed by atoms with E-state index in [1.54, 1.807) is 0 Å². The van der Waals surface area contributed by atoms with Crippen molar-refractivity contribution in [1.29, 1.82) is 0 Å². The van der Waals surface area contributed by atoms with Crippen LogP contribution in [0.3, 0.4) is 0 Å². The lowest BCUT2D eigenvalue weighted by Gasteiger charge is -2.26. The number of carboxylic acid groups (broad SMARTS) is 1. The van der Waals surface area contributed by atoms with Crippen LogP contribution in [0.4, 0.5) is 0 Å². The maximum atomic E-state index is 11.2. The van der Waals surface area contributed by atoms with Crippen molar-refractivity contribution in [2.24, 2.45) is 11.3 Å². The Balaban J connectivity index is 3.49. The third-order valence-corrected chi connectivity index (χ3v) is 4.19. The summed E-state index contributed by atoms with van der Waals surface area (Å²) in [4.78, 5) is 11.2. The molecule has 0 rings (SSSR count). The van der Waals surface area contributed by atoms with Gasteiger partial charge in [-0.15, -0.1) is 0 Å². The molecular weight excluding hydrogens is 248 g/mol. The highest BCUT2D eigenvalue weighted by atomic mass is 16.4. The van der Waals surface area contributed by atoms with Crippen molar-refractivity contribution in [3.63, 3.8) is 0 Å². The lowest BCUT2D eigenvalue weighted by atomic mass is 9.78. The summed E-state index contributed by atoms with van der Waals surface area (Å²) in [5.41, 5.74) is -0.120. The molecule has 1 unspecified atom stereocenters. The van der Waals surface area contributed by atoms with E-state index in [1.165, 1.54) is 57.8 Å². The van der Waals surface area contributed by atoms with Gasteiger partial charge in [-0.05, 0) is 11.8 Å². The minimum Gasteiger partial charge on any atom is -0.481 e. The minimum absolute atomic E-state index is 0.120. The second-order valence-corrected chi connectivity index (χ2v) is 7.23. The number of aliphatic carboxylic acids is 1. The first-order valence-electron chi connectivity index (χ1n) is 8.62. The first-order valence-corrected chi connectivity index (χ1v) is 8.62. The molecule has 0 aliphatic carbocycles. The highest BCUT2D eigenvalue weighted by Gasteiger charge is 2.30. The maximum Gasteiger partial charge on any atom is 0.307 e. The van der Waals surface area contributed by atoms with Gasteiger partial charge in [-0.25, -0.2) is 0 Å². The summed E-state index contributed by atoms with van der Waals surface area (Å²) in [5.74, 6) is -0.829. The fourth-order valence-electron chi connectivity index (χ4n) is 2.76. The zero-order valence-corrected chi connectivity index (χ0v) is 14.2. The third-order valence-electron chi connectivity index (χ3n) is 4.19. The number of unbranched alkanes of at least 4 members (excludes halogenated alkanes) is 9. The number of carbonyl (C=O) groups is 1. The lowest BCUT2D eigenvalue weighted by molar-refractivity contribution is -0.145. The van der Waals surface area contributed by atoms with Crippen LogP contribution >= 0.6 is 0 Å². The second kappa shape index (κ2) is 11.2. The summed E-state index contributed by atoms with van der Waals surface area (Å²) >= 11 is 0. The predicted octanol–water partition coefficient (Wildman–Crippen LogP) is 6.04. The van der Waals surface area contributed by atoms with Crippen LogP contribution in [0.5, 0.6) is 0 Å². The van der Waals surface area contributed by atoms with Gasteiger partial charge >= 0.3 is 5.97 Å². The quantitative estimate of drug-likeness (QED) is 0.443. The van der Waals surface area contributed by atoms with E-state index in [1.807, 2.05) is 20.8 Å². The van der Waals surface area contributed by atoms with Gasteiger partial charge in [0.1, 0.15) is 0 Å². The molecule has 0 aromatic heterocycles.